The number of quaternary nitrogens is 1. The largest absolute Gasteiger partial charge is 0.472 e. The van der Waals surface area contributed by atoms with Gasteiger partial charge in [-0.2, -0.15) is 0 Å². The minimum Gasteiger partial charge on any atom is -0.451 e. The molecule has 5 aliphatic rings. The molecule has 4 fully saturated rings. The number of carbonyl (C=O) groups is 1. The standard InChI is InChI=1S/C28H46NO6P/c1-19-17-25(30)34-28(19)14-11-24-22-8-7-20-18-21(35-36(31,32)33-16-15-29(4,5)6)9-12-26(20,2)23(22)10-13-27(24,28)3/h17,20-24H,7-16,18H2,1-6H3/p+1/t20-,21?,22?,23+,24+,26+,27+,28+/m1/s1. The monoisotopic (exact) mass is 524 g/mol. The van der Waals surface area contributed by atoms with Gasteiger partial charge in [0.25, 0.3) is 0 Å². The van der Waals surface area contributed by atoms with Gasteiger partial charge >= 0.3 is 13.8 Å². The summed E-state index contributed by atoms with van der Waals surface area (Å²) in [5.74, 6) is 2.26. The summed E-state index contributed by atoms with van der Waals surface area (Å²) in [5, 5.41) is 0. The summed E-state index contributed by atoms with van der Waals surface area (Å²) in [6.07, 6.45) is 10.9. The van der Waals surface area contributed by atoms with E-state index in [4.69, 9.17) is 13.8 Å². The number of phosphoric ester groups is 1. The number of likely N-dealkylation sites (N-methyl/N-ethyl adjacent to an activating group) is 1. The zero-order chi connectivity index (χ0) is 26.1. The summed E-state index contributed by atoms with van der Waals surface area (Å²) in [6, 6.07) is 0. The molecule has 0 aromatic rings. The molecule has 1 N–H and O–H groups in total. The van der Waals surface area contributed by atoms with Gasteiger partial charge in [-0.15, -0.1) is 0 Å². The van der Waals surface area contributed by atoms with Gasteiger partial charge in [-0.3, -0.25) is 9.05 Å². The molecule has 204 valence electrons. The topological polar surface area (TPSA) is 82.1 Å². The van der Waals surface area contributed by atoms with Gasteiger partial charge in [0, 0.05) is 11.5 Å². The lowest BCUT2D eigenvalue weighted by Crippen LogP contribution is -2.57. The van der Waals surface area contributed by atoms with Crippen LogP contribution in [0.1, 0.15) is 78.6 Å². The molecule has 0 radical (unpaired) electrons. The highest BCUT2D eigenvalue weighted by Crippen LogP contribution is 2.70. The highest BCUT2D eigenvalue weighted by molar-refractivity contribution is 7.47. The van der Waals surface area contributed by atoms with E-state index in [1.807, 2.05) is 21.1 Å². The van der Waals surface area contributed by atoms with Crippen LogP contribution in [-0.2, 0) is 23.1 Å². The van der Waals surface area contributed by atoms with Crippen molar-refractivity contribution in [2.24, 2.45) is 34.5 Å². The molecule has 0 bridgehead atoms. The third kappa shape index (κ3) is 4.35. The molecular weight excluding hydrogens is 477 g/mol. The van der Waals surface area contributed by atoms with Gasteiger partial charge in [0.05, 0.1) is 27.2 Å². The lowest BCUT2D eigenvalue weighted by molar-refractivity contribution is -0.870. The van der Waals surface area contributed by atoms with Crippen molar-refractivity contribution in [3.8, 4) is 0 Å². The maximum absolute atomic E-state index is 12.6. The number of rotatable bonds is 6. The zero-order valence-corrected chi connectivity index (χ0v) is 24.0. The zero-order valence-electron chi connectivity index (χ0n) is 23.1. The van der Waals surface area contributed by atoms with Crippen molar-refractivity contribution in [1.82, 2.24) is 0 Å². The van der Waals surface area contributed by atoms with Crippen LogP contribution >= 0.6 is 7.82 Å². The van der Waals surface area contributed by atoms with E-state index in [0.29, 0.717) is 34.7 Å². The van der Waals surface area contributed by atoms with E-state index >= 15 is 0 Å². The normalized spacial score (nSPS) is 45.9. The van der Waals surface area contributed by atoms with Crippen LogP contribution in [0.25, 0.3) is 0 Å². The summed E-state index contributed by atoms with van der Waals surface area (Å²) in [5.41, 5.74) is 1.00. The number of nitrogens with zero attached hydrogens (tertiary/aromatic N) is 1. The number of fused-ring (bicyclic) bond motifs is 6. The van der Waals surface area contributed by atoms with Gasteiger partial charge < -0.3 is 14.1 Å². The highest BCUT2D eigenvalue weighted by Gasteiger charge is 2.68. The van der Waals surface area contributed by atoms with Crippen LogP contribution < -0.4 is 0 Å². The van der Waals surface area contributed by atoms with Crippen LogP contribution in [0.5, 0.6) is 0 Å². The first-order valence-corrected chi connectivity index (χ1v) is 15.6. The van der Waals surface area contributed by atoms with Gasteiger partial charge in [-0.25, -0.2) is 9.36 Å². The fraction of sp³-hybridized carbons (Fsp3) is 0.893. The molecule has 5 rings (SSSR count). The minimum atomic E-state index is -4.05. The Morgan fingerprint density at radius 1 is 1.08 bits per heavy atom. The first kappa shape index (κ1) is 26.9. The summed E-state index contributed by atoms with van der Waals surface area (Å²) in [6.45, 7) is 7.83. The predicted octanol–water partition coefficient (Wildman–Crippen LogP) is 5.48. The minimum absolute atomic E-state index is 0.0249. The molecule has 1 heterocycles. The molecule has 4 saturated carbocycles. The fourth-order valence-electron chi connectivity index (χ4n) is 9.35. The van der Waals surface area contributed by atoms with Crippen molar-refractivity contribution >= 4 is 13.8 Å². The lowest BCUT2D eigenvalue weighted by Gasteiger charge is -2.61. The van der Waals surface area contributed by atoms with Crippen LogP contribution in [0.2, 0.25) is 0 Å². The van der Waals surface area contributed by atoms with Crippen molar-refractivity contribution in [3.63, 3.8) is 0 Å². The van der Waals surface area contributed by atoms with Crippen LogP contribution in [-0.4, -0.2) is 61.3 Å². The molecule has 0 amide bonds. The highest BCUT2D eigenvalue weighted by atomic mass is 31.2. The molecule has 3 unspecified atom stereocenters. The fourth-order valence-corrected chi connectivity index (χ4v) is 10.3. The average Bonchev–Trinajstić information content (AvgIpc) is 3.22. The molecule has 1 aliphatic heterocycles. The number of hydrogen-bond acceptors (Lipinski definition) is 5. The second-order valence-corrected chi connectivity index (χ2v) is 15.5. The third-order valence-corrected chi connectivity index (χ3v) is 12.4. The molecule has 36 heavy (non-hydrogen) atoms. The number of carbonyl (C=O) groups excluding carboxylic acids is 1. The van der Waals surface area contributed by atoms with Crippen molar-refractivity contribution < 1.29 is 32.5 Å². The number of esters is 1. The van der Waals surface area contributed by atoms with Crippen LogP contribution in [0.3, 0.4) is 0 Å². The average molecular weight is 525 g/mol. The maximum Gasteiger partial charge on any atom is 0.472 e. The summed E-state index contributed by atoms with van der Waals surface area (Å²) < 4.78 is 30.4. The first-order valence-electron chi connectivity index (χ1n) is 14.1. The molecule has 0 saturated heterocycles. The van der Waals surface area contributed by atoms with E-state index in [-0.39, 0.29) is 29.5 Å². The SMILES string of the molecule is CC1=CC(=O)O[C@@]12CC[C@H]1C3CC[C@@H]4CC(OP(=O)(O)OCC[N+](C)(C)C)CC[C@]4(C)[C@H]3CC[C@@]12C. The second-order valence-electron chi connectivity index (χ2n) is 14.0. The summed E-state index contributed by atoms with van der Waals surface area (Å²) in [4.78, 5) is 22.6. The quantitative estimate of drug-likeness (QED) is 0.282. The van der Waals surface area contributed by atoms with Crippen molar-refractivity contribution in [2.75, 3.05) is 34.3 Å². The van der Waals surface area contributed by atoms with Crippen LogP contribution in [0.15, 0.2) is 11.6 Å². The molecular formula is C28H47NO6P+. The molecule has 4 aliphatic carbocycles. The number of ether oxygens (including phenoxy) is 1. The summed E-state index contributed by atoms with van der Waals surface area (Å²) >= 11 is 0. The molecule has 0 aromatic heterocycles. The molecule has 7 nitrogen and oxygen atoms in total. The van der Waals surface area contributed by atoms with Crippen LogP contribution in [0.4, 0.5) is 0 Å². The smallest absolute Gasteiger partial charge is 0.451 e. The Hall–Kier alpha value is -0.720. The molecule has 0 aromatic carbocycles. The predicted molar refractivity (Wildman–Crippen MR) is 138 cm³/mol. The van der Waals surface area contributed by atoms with E-state index in [9.17, 15) is 14.3 Å². The van der Waals surface area contributed by atoms with Crippen molar-refractivity contribution in [2.45, 2.75) is 90.3 Å². The Morgan fingerprint density at radius 2 is 1.81 bits per heavy atom. The Bertz CT molecular complexity index is 976. The molecule has 9 atom stereocenters. The van der Waals surface area contributed by atoms with Gasteiger partial charge in [0.15, 0.2) is 0 Å². The van der Waals surface area contributed by atoms with Crippen molar-refractivity contribution in [1.29, 1.82) is 0 Å². The van der Waals surface area contributed by atoms with Gasteiger partial charge in [0.2, 0.25) is 0 Å². The second kappa shape index (κ2) is 8.91. The maximum atomic E-state index is 12.6. The Balaban J connectivity index is 1.25. The Labute approximate surface area is 217 Å². The Morgan fingerprint density at radius 3 is 2.47 bits per heavy atom. The van der Waals surface area contributed by atoms with Gasteiger partial charge in [0.1, 0.15) is 18.8 Å². The van der Waals surface area contributed by atoms with E-state index in [2.05, 4.69) is 20.8 Å². The molecule has 1 spiro atoms. The van der Waals surface area contributed by atoms with E-state index in [0.717, 1.165) is 50.5 Å². The number of hydrogen-bond donors (Lipinski definition) is 1. The Kier molecular flexibility index (Phi) is 6.65. The van der Waals surface area contributed by atoms with Crippen LogP contribution in [0, 0.1) is 34.5 Å². The van der Waals surface area contributed by atoms with Gasteiger partial charge in [-0.1, -0.05) is 13.8 Å². The van der Waals surface area contributed by atoms with E-state index in [1.165, 1.54) is 12.8 Å². The number of phosphoric acid groups is 1. The van der Waals surface area contributed by atoms with Crippen molar-refractivity contribution in [3.05, 3.63) is 11.6 Å². The summed E-state index contributed by atoms with van der Waals surface area (Å²) in [7, 11) is 2.04. The van der Waals surface area contributed by atoms with E-state index in [1.54, 1.807) is 6.08 Å². The first-order chi connectivity index (χ1) is 16.7. The third-order valence-electron chi connectivity index (χ3n) is 11.3. The van der Waals surface area contributed by atoms with Gasteiger partial charge in [-0.05, 0) is 99.4 Å². The van der Waals surface area contributed by atoms with E-state index < -0.39 is 13.4 Å². The molecule has 8 heteroatoms. The lowest BCUT2D eigenvalue weighted by atomic mass is 9.44.